The SMILES string of the molecule is CC(CCCO)NC(=O)C1CC2CCC1N2. The van der Waals surface area contributed by atoms with Crippen LogP contribution in [0.5, 0.6) is 0 Å². The first kappa shape index (κ1) is 11.9. The van der Waals surface area contributed by atoms with Gasteiger partial charge in [0.05, 0.1) is 5.92 Å². The van der Waals surface area contributed by atoms with Gasteiger partial charge in [0.25, 0.3) is 0 Å². The molecule has 0 spiro atoms. The molecule has 2 fully saturated rings. The van der Waals surface area contributed by atoms with E-state index < -0.39 is 0 Å². The molecular weight excluding hydrogens is 204 g/mol. The summed E-state index contributed by atoms with van der Waals surface area (Å²) in [5.41, 5.74) is 0. The molecule has 2 rings (SSSR count). The molecule has 16 heavy (non-hydrogen) atoms. The molecule has 3 N–H and O–H groups in total. The zero-order valence-electron chi connectivity index (χ0n) is 9.91. The lowest BCUT2D eigenvalue weighted by atomic mass is 9.88. The van der Waals surface area contributed by atoms with Gasteiger partial charge in [0.15, 0.2) is 0 Å². The molecule has 92 valence electrons. The summed E-state index contributed by atoms with van der Waals surface area (Å²) >= 11 is 0. The fourth-order valence-corrected chi connectivity index (χ4v) is 2.93. The van der Waals surface area contributed by atoms with E-state index in [1.165, 1.54) is 6.42 Å². The Morgan fingerprint density at radius 1 is 1.56 bits per heavy atom. The molecule has 2 heterocycles. The first-order valence-electron chi connectivity index (χ1n) is 6.38. The highest BCUT2D eigenvalue weighted by atomic mass is 16.3. The molecule has 0 aromatic rings. The second-order valence-corrected chi connectivity index (χ2v) is 5.17. The van der Waals surface area contributed by atoms with Crippen molar-refractivity contribution in [3.8, 4) is 0 Å². The average Bonchev–Trinajstić information content (AvgIpc) is 2.87. The maximum absolute atomic E-state index is 12.0. The van der Waals surface area contributed by atoms with Crippen molar-refractivity contribution in [2.75, 3.05) is 6.61 Å². The van der Waals surface area contributed by atoms with Crippen LogP contribution in [0, 0.1) is 5.92 Å². The smallest absolute Gasteiger partial charge is 0.224 e. The Bertz CT molecular complexity index is 257. The standard InChI is InChI=1S/C12H22N2O2/c1-8(3-2-6-15)13-12(16)10-7-9-4-5-11(10)14-9/h8-11,14-15H,2-7H2,1H3,(H,13,16). The van der Waals surface area contributed by atoms with E-state index in [9.17, 15) is 4.79 Å². The third-order valence-corrected chi connectivity index (χ3v) is 3.82. The number of hydrogen-bond acceptors (Lipinski definition) is 3. The van der Waals surface area contributed by atoms with E-state index in [-0.39, 0.29) is 24.5 Å². The topological polar surface area (TPSA) is 61.4 Å². The minimum Gasteiger partial charge on any atom is -0.396 e. The van der Waals surface area contributed by atoms with Crippen LogP contribution < -0.4 is 10.6 Å². The summed E-state index contributed by atoms with van der Waals surface area (Å²) in [5.74, 6) is 0.375. The Hall–Kier alpha value is -0.610. The quantitative estimate of drug-likeness (QED) is 0.636. The molecule has 2 aliphatic heterocycles. The molecule has 0 saturated carbocycles. The first-order valence-corrected chi connectivity index (χ1v) is 6.38. The van der Waals surface area contributed by atoms with Crippen LogP contribution in [0.3, 0.4) is 0 Å². The van der Waals surface area contributed by atoms with Gasteiger partial charge in [0.1, 0.15) is 0 Å². The zero-order valence-corrected chi connectivity index (χ0v) is 9.91. The fraction of sp³-hybridized carbons (Fsp3) is 0.917. The second-order valence-electron chi connectivity index (χ2n) is 5.17. The van der Waals surface area contributed by atoms with Crippen LogP contribution in [-0.4, -0.2) is 35.7 Å². The predicted molar refractivity (Wildman–Crippen MR) is 62.0 cm³/mol. The number of fused-ring (bicyclic) bond motifs is 2. The van der Waals surface area contributed by atoms with Gasteiger partial charge >= 0.3 is 0 Å². The van der Waals surface area contributed by atoms with Crippen molar-refractivity contribution in [2.45, 2.75) is 57.2 Å². The Balaban J connectivity index is 1.75. The van der Waals surface area contributed by atoms with Gasteiger partial charge in [0.2, 0.25) is 5.91 Å². The molecule has 4 heteroatoms. The zero-order chi connectivity index (χ0) is 11.5. The van der Waals surface area contributed by atoms with Crippen molar-refractivity contribution in [2.24, 2.45) is 5.92 Å². The Kier molecular flexibility index (Phi) is 3.82. The lowest BCUT2D eigenvalue weighted by Crippen LogP contribution is -2.41. The van der Waals surface area contributed by atoms with Crippen molar-refractivity contribution in [3.63, 3.8) is 0 Å². The maximum atomic E-state index is 12.0. The van der Waals surface area contributed by atoms with Crippen molar-refractivity contribution < 1.29 is 9.90 Å². The van der Waals surface area contributed by atoms with Gasteiger partial charge < -0.3 is 15.7 Å². The van der Waals surface area contributed by atoms with Crippen LogP contribution >= 0.6 is 0 Å². The molecule has 0 radical (unpaired) electrons. The van der Waals surface area contributed by atoms with Crippen LogP contribution in [-0.2, 0) is 4.79 Å². The minimum atomic E-state index is 0.176. The molecule has 2 aliphatic rings. The number of nitrogens with one attached hydrogen (secondary N) is 2. The third kappa shape index (κ3) is 2.55. The monoisotopic (exact) mass is 226 g/mol. The van der Waals surface area contributed by atoms with Crippen molar-refractivity contribution in [1.82, 2.24) is 10.6 Å². The number of carbonyl (C=O) groups is 1. The van der Waals surface area contributed by atoms with Gasteiger partial charge in [0, 0.05) is 24.7 Å². The lowest BCUT2D eigenvalue weighted by molar-refractivity contribution is -0.126. The number of hydrogen-bond donors (Lipinski definition) is 3. The highest BCUT2D eigenvalue weighted by Crippen LogP contribution is 2.33. The molecule has 0 aliphatic carbocycles. The predicted octanol–water partition coefficient (Wildman–Crippen LogP) is 0.404. The molecule has 4 unspecified atom stereocenters. The van der Waals surface area contributed by atoms with E-state index in [4.69, 9.17) is 5.11 Å². The van der Waals surface area contributed by atoms with Gasteiger partial charge in [-0.05, 0) is 39.0 Å². The van der Waals surface area contributed by atoms with Gasteiger partial charge in [-0.25, -0.2) is 0 Å². The summed E-state index contributed by atoms with van der Waals surface area (Å²) in [6.07, 6.45) is 5.00. The summed E-state index contributed by atoms with van der Waals surface area (Å²) < 4.78 is 0. The molecular formula is C12H22N2O2. The largest absolute Gasteiger partial charge is 0.396 e. The molecule has 4 atom stereocenters. The Labute approximate surface area is 96.8 Å². The number of rotatable bonds is 5. The second kappa shape index (κ2) is 5.15. The maximum Gasteiger partial charge on any atom is 0.224 e. The van der Waals surface area contributed by atoms with E-state index in [1.54, 1.807) is 0 Å². The van der Waals surface area contributed by atoms with Crippen LogP contribution in [0.4, 0.5) is 0 Å². The van der Waals surface area contributed by atoms with E-state index in [1.807, 2.05) is 6.92 Å². The van der Waals surface area contributed by atoms with Gasteiger partial charge in [-0.3, -0.25) is 4.79 Å². The molecule has 0 aromatic carbocycles. The molecule has 1 amide bonds. The van der Waals surface area contributed by atoms with Crippen molar-refractivity contribution in [3.05, 3.63) is 0 Å². The Morgan fingerprint density at radius 2 is 2.38 bits per heavy atom. The van der Waals surface area contributed by atoms with Gasteiger partial charge in [-0.2, -0.15) is 0 Å². The van der Waals surface area contributed by atoms with E-state index in [0.717, 1.165) is 25.7 Å². The molecule has 2 bridgehead atoms. The minimum absolute atomic E-state index is 0.176. The molecule has 2 saturated heterocycles. The van der Waals surface area contributed by atoms with Crippen LogP contribution in [0.15, 0.2) is 0 Å². The van der Waals surface area contributed by atoms with Crippen LogP contribution in [0.1, 0.15) is 39.0 Å². The first-order chi connectivity index (χ1) is 7.70. The summed E-state index contributed by atoms with van der Waals surface area (Å²) in [6.45, 7) is 2.21. The van der Waals surface area contributed by atoms with Crippen molar-refractivity contribution in [1.29, 1.82) is 0 Å². The summed E-state index contributed by atoms with van der Waals surface area (Å²) in [7, 11) is 0. The third-order valence-electron chi connectivity index (χ3n) is 3.82. The van der Waals surface area contributed by atoms with Gasteiger partial charge in [-0.15, -0.1) is 0 Å². The summed E-state index contributed by atoms with van der Waals surface area (Å²) in [6, 6.07) is 1.17. The number of amides is 1. The number of carbonyl (C=O) groups excluding carboxylic acids is 1. The van der Waals surface area contributed by atoms with E-state index in [2.05, 4.69) is 10.6 Å². The van der Waals surface area contributed by atoms with Crippen LogP contribution in [0.2, 0.25) is 0 Å². The number of aliphatic hydroxyl groups is 1. The number of aliphatic hydroxyl groups excluding tert-OH is 1. The average molecular weight is 226 g/mol. The summed E-state index contributed by atoms with van der Waals surface area (Å²) in [5, 5.41) is 15.2. The van der Waals surface area contributed by atoms with Crippen molar-refractivity contribution >= 4 is 5.91 Å². The van der Waals surface area contributed by atoms with Crippen LogP contribution in [0.25, 0.3) is 0 Å². The normalized spacial score (nSPS) is 34.0. The van der Waals surface area contributed by atoms with E-state index in [0.29, 0.717) is 12.1 Å². The Morgan fingerprint density at radius 3 is 2.94 bits per heavy atom. The van der Waals surface area contributed by atoms with E-state index >= 15 is 0 Å². The highest BCUT2D eigenvalue weighted by molar-refractivity contribution is 5.80. The molecule has 0 aromatic heterocycles. The summed E-state index contributed by atoms with van der Waals surface area (Å²) in [4.78, 5) is 12.0. The lowest BCUT2D eigenvalue weighted by Gasteiger charge is -2.22. The molecule has 4 nitrogen and oxygen atoms in total. The van der Waals surface area contributed by atoms with Gasteiger partial charge in [-0.1, -0.05) is 0 Å². The fourth-order valence-electron chi connectivity index (χ4n) is 2.93. The highest BCUT2D eigenvalue weighted by Gasteiger charge is 2.42.